The monoisotopic (exact) mass is 382 g/mol. The highest BCUT2D eigenvalue weighted by Crippen LogP contribution is 2.28. The van der Waals surface area contributed by atoms with Crippen LogP contribution in [-0.4, -0.2) is 18.9 Å². The number of rotatable bonds is 5. The van der Waals surface area contributed by atoms with Gasteiger partial charge in [-0.25, -0.2) is 8.78 Å². The first kappa shape index (κ1) is 19.0. The zero-order chi connectivity index (χ0) is 20.1. The van der Waals surface area contributed by atoms with Crippen molar-refractivity contribution in [3.05, 3.63) is 89.5 Å². The maximum absolute atomic E-state index is 13.3. The van der Waals surface area contributed by atoms with Crippen LogP contribution in [-0.2, 0) is 0 Å². The Hall–Kier alpha value is -3.74. The molecule has 0 aliphatic carbocycles. The van der Waals surface area contributed by atoms with Gasteiger partial charge >= 0.3 is 0 Å². The van der Waals surface area contributed by atoms with Crippen LogP contribution in [0.1, 0.15) is 20.7 Å². The van der Waals surface area contributed by atoms with E-state index < -0.39 is 23.4 Å². The summed E-state index contributed by atoms with van der Waals surface area (Å²) in [5.74, 6) is -1.73. The Morgan fingerprint density at radius 1 is 0.786 bits per heavy atom. The van der Waals surface area contributed by atoms with E-state index in [4.69, 9.17) is 4.74 Å². The van der Waals surface area contributed by atoms with Gasteiger partial charge in [-0.1, -0.05) is 12.1 Å². The van der Waals surface area contributed by atoms with Gasteiger partial charge in [-0.05, 0) is 48.5 Å². The average Bonchev–Trinajstić information content (AvgIpc) is 2.69. The van der Waals surface area contributed by atoms with Crippen molar-refractivity contribution in [1.29, 1.82) is 0 Å². The fraction of sp³-hybridized carbons (Fsp3) is 0.0476. The molecule has 3 aromatic carbocycles. The summed E-state index contributed by atoms with van der Waals surface area (Å²) in [6.07, 6.45) is 0. The first-order chi connectivity index (χ1) is 13.5. The molecule has 2 N–H and O–H groups in total. The summed E-state index contributed by atoms with van der Waals surface area (Å²) in [7, 11) is 1.41. The summed E-state index contributed by atoms with van der Waals surface area (Å²) in [6.45, 7) is 0. The van der Waals surface area contributed by atoms with E-state index in [0.717, 1.165) is 12.1 Å². The minimum Gasteiger partial charge on any atom is -0.494 e. The molecule has 0 aliphatic heterocycles. The molecule has 0 spiro atoms. The SMILES string of the molecule is COc1cc(NC(=O)c2cccc(F)c2)ccc1NC(=O)c1cccc(F)c1. The molecule has 0 fully saturated rings. The van der Waals surface area contributed by atoms with Crippen LogP contribution in [0.4, 0.5) is 20.2 Å². The minimum atomic E-state index is -0.518. The number of benzene rings is 3. The number of anilines is 2. The fourth-order valence-corrected chi connectivity index (χ4v) is 2.53. The van der Waals surface area contributed by atoms with Gasteiger partial charge in [0.2, 0.25) is 0 Å². The van der Waals surface area contributed by atoms with E-state index in [-0.39, 0.29) is 11.1 Å². The summed E-state index contributed by atoms with van der Waals surface area (Å²) in [4.78, 5) is 24.5. The number of carbonyl (C=O) groups is 2. The molecule has 0 aliphatic rings. The van der Waals surface area contributed by atoms with Gasteiger partial charge in [0.25, 0.3) is 11.8 Å². The van der Waals surface area contributed by atoms with Crippen molar-refractivity contribution >= 4 is 23.2 Å². The maximum atomic E-state index is 13.3. The molecule has 3 aromatic rings. The average molecular weight is 382 g/mol. The van der Waals surface area contributed by atoms with E-state index in [0.29, 0.717) is 17.1 Å². The van der Waals surface area contributed by atoms with E-state index in [1.165, 1.54) is 55.6 Å². The predicted molar refractivity (Wildman–Crippen MR) is 102 cm³/mol. The summed E-state index contributed by atoms with van der Waals surface area (Å²) >= 11 is 0. The Kier molecular flexibility index (Phi) is 5.64. The molecule has 0 radical (unpaired) electrons. The predicted octanol–water partition coefficient (Wildman–Crippen LogP) is 4.48. The third-order valence-corrected chi connectivity index (χ3v) is 3.88. The number of methoxy groups -OCH3 is 1. The molecule has 0 atom stereocenters. The Morgan fingerprint density at radius 2 is 1.36 bits per heavy atom. The van der Waals surface area contributed by atoms with Crippen molar-refractivity contribution < 1.29 is 23.1 Å². The Bertz CT molecular complexity index is 1040. The highest BCUT2D eigenvalue weighted by molar-refractivity contribution is 6.06. The van der Waals surface area contributed by atoms with Crippen molar-refractivity contribution in [2.45, 2.75) is 0 Å². The van der Waals surface area contributed by atoms with Crippen LogP contribution >= 0.6 is 0 Å². The van der Waals surface area contributed by atoms with E-state index >= 15 is 0 Å². The van der Waals surface area contributed by atoms with Crippen LogP contribution in [0.3, 0.4) is 0 Å². The van der Waals surface area contributed by atoms with Crippen molar-refractivity contribution in [1.82, 2.24) is 0 Å². The Morgan fingerprint density at radius 3 is 1.89 bits per heavy atom. The lowest BCUT2D eigenvalue weighted by Crippen LogP contribution is -2.14. The van der Waals surface area contributed by atoms with Gasteiger partial charge in [-0.3, -0.25) is 9.59 Å². The smallest absolute Gasteiger partial charge is 0.255 e. The number of amides is 2. The van der Waals surface area contributed by atoms with Gasteiger partial charge in [0, 0.05) is 22.9 Å². The molecule has 7 heteroatoms. The maximum Gasteiger partial charge on any atom is 0.255 e. The second kappa shape index (κ2) is 8.30. The summed E-state index contributed by atoms with van der Waals surface area (Å²) in [6, 6.07) is 15.2. The molecule has 5 nitrogen and oxygen atoms in total. The van der Waals surface area contributed by atoms with Gasteiger partial charge in [0.05, 0.1) is 12.8 Å². The second-order valence-electron chi connectivity index (χ2n) is 5.84. The van der Waals surface area contributed by atoms with Gasteiger partial charge in [0.1, 0.15) is 17.4 Å². The number of ether oxygens (including phenoxy) is 1. The molecule has 0 aromatic heterocycles. The second-order valence-corrected chi connectivity index (χ2v) is 5.84. The number of hydrogen-bond donors (Lipinski definition) is 2. The molecule has 0 bridgehead atoms. The zero-order valence-electron chi connectivity index (χ0n) is 14.8. The van der Waals surface area contributed by atoms with Crippen LogP contribution in [0.25, 0.3) is 0 Å². The van der Waals surface area contributed by atoms with Gasteiger partial charge in [0.15, 0.2) is 0 Å². The lowest BCUT2D eigenvalue weighted by atomic mass is 10.2. The number of hydrogen-bond acceptors (Lipinski definition) is 3. The summed E-state index contributed by atoms with van der Waals surface area (Å²) < 4.78 is 31.8. The quantitative estimate of drug-likeness (QED) is 0.684. The van der Waals surface area contributed by atoms with Crippen LogP contribution in [0, 0.1) is 11.6 Å². The van der Waals surface area contributed by atoms with E-state index in [1.807, 2.05) is 0 Å². The molecule has 142 valence electrons. The number of carbonyl (C=O) groups excluding carboxylic acids is 2. The van der Waals surface area contributed by atoms with E-state index in [2.05, 4.69) is 10.6 Å². The van der Waals surface area contributed by atoms with Crippen LogP contribution in [0.2, 0.25) is 0 Å². The van der Waals surface area contributed by atoms with Gasteiger partial charge in [-0.2, -0.15) is 0 Å². The molecular formula is C21H16F2N2O3. The first-order valence-electron chi connectivity index (χ1n) is 8.28. The first-order valence-corrected chi connectivity index (χ1v) is 8.28. The molecule has 0 unspecified atom stereocenters. The largest absolute Gasteiger partial charge is 0.494 e. The van der Waals surface area contributed by atoms with Crippen LogP contribution in [0.5, 0.6) is 5.75 Å². The Labute approximate surface area is 160 Å². The minimum absolute atomic E-state index is 0.158. The molecular weight excluding hydrogens is 366 g/mol. The standard InChI is InChI=1S/C21H16F2N2O3/c1-28-19-12-17(24-20(26)13-4-2-6-15(22)10-13)8-9-18(19)25-21(27)14-5-3-7-16(23)11-14/h2-12H,1H3,(H,24,26)(H,25,27). The molecule has 0 saturated carbocycles. The van der Waals surface area contributed by atoms with Gasteiger partial charge in [-0.15, -0.1) is 0 Å². The highest BCUT2D eigenvalue weighted by atomic mass is 19.1. The molecule has 3 rings (SSSR count). The van der Waals surface area contributed by atoms with E-state index in [1.54, 1.807) is 6.07 Å². The summed E-state index contributed by atoms with van der Waals surface area (Å²) in [5.41, 5.74) is 1.07. The van der Waals surface area contributed by atoms with Crippen molar-refractivity contribution in [2.75, 3.05) is 17.7 Å². The normalized spacial score (nSPS) is 10.2. The fourth-order valence-electron chi connectivity index (χ4n) is 2.53. The topological polar surface area (TPSA) is 67.4 Å². The third-order valence-electron chi connectivity index (χ3n) is 3.88. The number of nitrogens with one attached hydrogen (secondary N) is 2. The Balaban J connectivity index is 1.76. The van der Waals surface area contributed by atoms with Crippen LogP contribution < -0.4 is 15.4 Å². The lowest BCUT2D eigenvalue weighted by Gasteiger charge is -2.13. The summed E-state index contributed by atoms with van der Waals surface area (Å²) in [5, 5.41) is 5.26. The van der Waals surface area contributed by atoms with Crippen molar-refractivity contribution in [3.8, 4) is 5.75 Å². The molecule has 2 amide bonds. The zero-order valence-corrected chi connectivity index (χ0v) is 14.8. The van der Waals surface area contributed by atoms with Crippen molar-refractivity contribution in [2.24, 2.45) is 0 Å². The molecule has 0 heterocycles. The lowest BCUT2D eigenvalue weighted by molar-refractivity contribution is 0.101. The third kappa shape index (κ3) is 4.50. The van der Waals surface area contributed by atoms with Crippen molar-refractivity contribution in [3.63, 3.8) is 0 Å². The van der Waals surface area contributed by atoms with Gasteiger partial charge < -0.3 is 15.4 Å². The highest BCUT2D eigenvalue weighted by Gasteiger charge is 2.13. The molecule has 0 saturated heterocycles. The molecule has 28 heavy (non-hydrogen) atoms. The van der Waals surface area contributed by atoms with Crippen LogP contribution in [0.15, 0.2) is 66.7 Å². The number of halogens is 2. The van der Waals surface area contributed by atoms with E-state index in [9.17, 15) is 18.4 Å².